The van der Waals surface area contributed by atoms with Gasteiger partial charge in [-0.2, -0.15) is 5.10 Å². The zero-order valence-electron chi connectivity index (χ0n) is 19.5. The smallest absolute Gasteiger partial charge is 0.222 e. The summed E-state index contributed by atoms with van der Waals surface area (Å²) in [4.78, 5) is 14.9. The van der Waals surface area contributed by atoms with Gasteiger partial charge >= 0.3 is 0 Å². The lowest BCUT2D eigenvalue weighted by Gasteiger charge is -2.33. The largest absolute Gasteiger partial charge is 0.372 e. The molecule has 7 heteroatoms. The van der Waals surface area contributed by atoms with E-state index in [1.54, 1.807) is 0 Å². The summed E-state index contributed by atoms with van der Waals surface area (Å²) in [5.41, 5.74) is 4.51. The maximum Gasteiger partial charge on any atom is 0.222 e. The molecule has 0 bridgehead atoms. The van der Waals surface area contributed by atoms with Crippen molar-refractivity contribution in [3.05, 3.63) is 64.4 Å². The molecule has 6 nitrogen and oxygen atoms in total. The van der Waals surface area contributed by atoms with Gasteiger partial charge < -0.3 is 10.2 Å². The van der Waals surface area contributed by atoms with Gasteiger partial charge in [-0.25, -0.2) is 0 Å². The van der Waals surface area contributed by atoms with Crippen LogP contribution in [0.5, 0.6) is 0 Å². The number of nitrogens with zero attached hydrogens (tertiary/aromatic N) is 3. The molecule has 1 aliphatic carbocycles. The van der Waals surface area contributed by atoms with Crippen LogP contribution in [0.1, 0.15) is 49.7 Å². The highest BCUT2D eigenvalue weighted by Gasteiger charge is 2.18. The number of carbonyl (C=O) groups excluding carboxylic acids is 1. The SMILES string of the molecule is Cc1ccc(-c2n[nH]c(=S)n2CCC(=O)NCc2ccc(N(C)C3CCCCC3)cc2)cc1. The van der Waals surface area contributed by atoms with Crippen LogP contribution < -0.4 is 10.2 Å². The van der Waals surface area contributed by atoms with E-state index in [1.165, 1.54) is 43.4 Å². The maximum absolute atomic E-state index is 12.5. The first-order chi connectivity index (χ1) is 16.0. The summed E-state index contributed by atoms with van der Waals surface area (Å²) in [6.07, 6.45) is 6.92. The van der Waals surface area contributed by atoms with Gasteiger partial charge in [-0.15, -0.1) is 0 Å². The van der Waals surface area contributed by atoms with Crippen LogP contribution in [-0.4, -0.2) is 33.8 Å². The summed E-state index contributed by atoms with van der Waals surface area (Å²) in [7, 11) is 2.19. The summed E-state index contributed by atoms with van der Waals surface area (Å²) in [6, 6.07) is 17.3. The predicted molar refractivity (Wildman–Crippen MR) is 136 cm³/mol. The van der Waals surface area contributed by atoms with E-state index < -0.39 is 0 Å². The van der Waals surface area contributed by atoms with Gasteiger partial charge in [-0.05, 0) is 49.7 Å². The first-order valence-electron chi connectivity index (χ1n) is 11.8. The van der Waals surface area contributed by atoms with Crippen molar-refractivity contribution in [1.29, 1.82) is 0 Å². The van der Waals surface area contributed by atoms with Gasteiger partial charge in [-0.3, -0.25) is 14.5 Å². The van der Waals surface area contributed by atoms with Gasteiger partial charge in [0, 0.05) is 43.9 Å². The third-order valence-corrected chi connectivity index (χ3v) is 6.90. The summed E-state index contributed by atoms with van der Waals surface area (Å²) in [5, 5.41) is 10.2. The molecule has 2 N–H and O–H groups in total. The zero-order valence-corrected chi connectivity index (χ0v) is 20.3. The molecule has 1 fully saturated rings. The first kappa shape index (κ1) is 23.2. The van der Waals surface area contributed by atoms with E-state index in [9.17, 15) is 4.79 Å². The number of aryl methyl sites for hydroxylation is 1. The highest BCUT2D eigenvalue weighted by atomic mass is 32.1. The normalized spacial score (nSPS) is 14.2. The quantitative estimate of drug-likeness (QED) is 0.440. The number of hydrogen-bond acceptors (Lipinski definition) is 4. The first-order valence-corrected chi connectivity index (χ1v) is 12.2. The van der Waals surface area contributed by atoms with Crippen molar-refractivity contribution in [2.75, 3.05) is 11.9 Å². The average Bonchev–Trinajstić information content (AvgIpc) is 3.22. The predicted octanol–water partition coefficient (Wildman–Crippen LogP) is 5.39. The van der Waals surface area contributed by atoms with Crippen LogP contribution in [0.3, 0.4) is 0 Å². The second kappa shape index (κ2) is 10.8. The Morgan fingerprint density at radius 2 is 1.82 bits per heavy atom. The summed E-state index contributed by atoms with van der Waals surface area (Å²) < 4.78 is 2.41. The Morgan fingerprint density at radius 1 is 1.12 bits per heavy atom. The molecule has 0 atom stereocenters. The van der Waals surface area contributed by atoms with Crippen LogP contribution >= 0.6 is 12.2 Å². The Balaban J connectivity index is 1.29. The van der Waals surface area contributed by atoms with E-state index >= 15 is 0 Å². The summed E-state index contributed by atoms with van der Waals surface area (Å²) in [5.74, 6) is 0.752. The molecule has 1 saturated carbocycles. The van der Waals surface area contributed by atoms with E-state index in [-0.39, 0.29) is 5.91 Å². The molecule has 1 aromatic heterocycles. The third kappa shape index (κ3) is 5.90. The van der Waals surface area contributed by atoms with Crippen molar-refractivity contribution < 1.29 is 4.79 Å². The molecule has 4 rings (SSSR count). The van der Waals surface area contributed by atoms with Crippen LogP contribution in [0.4, 0.5) is 5.69 Å². The minimum Gasteiger partial charge on any atom is -0.372 e. The topological polar surface area (TPSA) is 66.0 Å². The fourth-order valence-corrected chi connectivity index (χ4v) is 4.70. The molecule has 0 radical (unpaired) electrons. The number of rotatable bonds is 8. The second-order valence-electron chi connectivity index (χ2n) is 8.97. The lowest BCUT2D eigenvalue weighted by Crippen LogP contribution is -2.33. The third-order valence-electron chi connectivity index (χ3n) is 6.59. The number of carbonyl (C=O) groups is 1. The molecular weight excluding hydrogens is 430 g/mol. The number of aromatic amines is 1. The van der Waals surface area contributed by atoms with Gasteiger partial charge in [0.05, 0.1) is 0 Å². The zero-order chi connectivity index (χ0) is 23.2. The Bertz CT molecular complexity index is 1110. The molecule has 0 unspecified atom stereocenters. The minimum absolute atomic E-state index is 0.00337. The van der Waals surface area contributed by atoms with Gasteiger partial charge in [0.15, 0.2) is 10.6 Å². The molecule has 174 valence electrons. The van der Waals surface area contributed by atoms with E-state index in [1.807, 2.05) is 35.8 Å². The molecule has 3 aromatic rings. The van der Waals surface area contributed by atoms with Crippen LogP contribution in [0.2, 0.25) is 0 Å². The van der Waals surface area contributed by atoms with Crippen molar-refractivity contribution >= 4 is 23.8 Å². The number of H-pyrrole nitrogens is 1. The molecule has 1 aliphatic rings. The molecule has 0 saturated heterocycles. The molecule has 2 aromatic carbocycles. The van der Waals surface area contributed by atoms with Crippen molar-refractivity contribution in [2.45, 2.75) is 64.6 Å². The number of hydrogen-bond donors (Lipinski definition) is 2. The van der Waals surface area contributed by atoms with Crippen molar-refractivity contribution in [2.24, 2.45) is 0 Å². The maximum atomic E-state index is 12.5. The summed E-state index contributed by atoms with van der Waals surface area (Å²) >= 11 is 5.38. The van der Waals surface area contributed by atoms with Crippen LogP contribution in [0, 0.1) is 11.7 Å². The highest BCUT2D eigenvalue weighted by Crippen LogP contribution is 2.26. The lowest BCUT2D eigenvalue weighted by molar-refractivity contribution is -0.121. The Hall–Kier alpha value is -2.93. The number of benzene rings is 2. The second-order valence-corrected chi connectivity index (χ2v) is 9.35. The fraction of sp³-hybridized carbons (Fsp3) is 0.423. The molecule has 33 heavy (non-hydrogen) atoms. The number of anilines is 1. The van der Waals surface area contributed by atoms with Crippen molar-refractivity contribution in [3.8, 4) is 11.4 Å². The highest BCUT2D eigenvalue weighted by molar-refractivity contribution is 7.71. The van der Waals surface area contributed by atoms with Gasteiger partial charge in [0.25, 0.3) is 0 Å². The Labute approximate surface area is 201 Å². The van der Waals surface area contributed by atoms with Gasteiger partial charge in [0.2, 0.25) is 5.91 Å². The minimum atomic E-state index is -0.00337. The molecule has 1 heterocycles. The molecule has 0 aliphatic heterocycles. The van der Waals surface area contributed by atoms with Crippen LogP contribution in [0.15, 0.2) is 48.5 Å². The van der Waals surface area contributed by atoms with E-state index in [4.69, 9.17) is 12.2 Å². The molecule has 1 amide bonds. The number of nitrogens with one attached hydrogen (secondary N) is 2. The monoisotopic (exact) mass is 463 g/mol. The molecule has 0 spiro atoms. The Kier molecular flexibility index (Phi) is 7.60. The lowest BCUT2D eigenvalue weighted by atomic mass is 9.94. The standard InChI is InChI=1S/C26H33N5OS/c1-19-8-12-21(13-9-19)25-28-29-26(33)31(25)17-16-24(32)27-18-20-10-14-23(15-11-20)30(2)22-6-4-3-5-7-22/h8-15,22H,3-7,16-18H2,1-2H3,(H,27,32)(H,29,33). The van der Waals surface area contributed by atoms with Gasteiger partial charge in [-0.1, -0.05) is 61.2 Å². The van der Waals surface area contributed by atoms with Crippen LogP contribution in [-0.2, 0) is 17.9 Å². The van der Waals surface area contributed by atoms with E-state index in [0.29, 0.717) is 30.3 Å². The van der Waals surface area contributed by atoms with Crippen LogP contribution in [0.25, 0.3) is 11.4 Å². The number of aromatic nitrogens is 3. The van der Waals surface area contributed by atoms with E-state index in [0.717, 1.165) is 17.0 Å². The van der Waals surface area contributed by atoms with Crippen molar-refractivity contribution in [3.63, 3.8) is 0 Å². The van der Waals surface area contributed by atoms with E-state index in [2.05, 4.69) is 51.7 Å². The summed E-state index contributed by atoms with van der Waals surface area (Å²) in [6.45, 7) is 3.05. The fourth-order valence-electron chi connectivity index (χ4n) is 4.48. The van der Waals surface area contributed by atoms with Crippen molar-refractivity contribution in [1.82, 2.24) is 20.1 Å². The van der Waals surface area contributed by atoms with Gasteiger partial charge in [0.1, 0.15) is 0 Å². The average molecular weight is 464 g/mol. The molecular formula is C26H33N5OS. The number of amides is 1. The Morgan fingerprint density at radius 3 is 2.52 bits per heavy atom.